The third-order valence-corrected chi connectivity index (χ3v) is 5.65. The number of hydrogen-bond acceptors (Lipinski definition) is 2. The molecule has 2 aromatic carbocycles. The molecule has 0 atom stereocenters. The molecule has 28 heavy (non-hydrogen) atoms. The number of piperazine rings is 1. The van der Waals surface area contributed by atoms with E-state index in [2.05, 4.69) is 26.0 Å². The van der Waals surface area contributed by atoms with Crippen LogP contribution in [-0.4, -0.2) is 47.8 Å². The first-order valence-corrected chi connectivity index (χ1v) is 10.1. The van der Waals surface area contributed by atoms with Crippen LogP contribution in [0.1, 0.15) is 31.4 Å². The van der Waals surface area contributed by atoms with Crippen LogP contribution in [0.3, 0.4) is 0 Å². The Morgan fingerprint density at radius 2 is 1.39 bits per heavy atom. The number of benzene rings is 2. The summed E-state index contributed by atoms with van der Waals surface area (Å²) in [7, 11) is 0. The minimum atomic E-state index is -0.208. The van der Waals surface area contributed by atoms with E-state index in [-0.39, 0.29) is 17.2 Å². The summed E-state index contributed by atoms with van der Waals surface area (Å²) in [4.78, 5) is 29.1. The topological polar surface area (TPSA) is 40.6 Å². The zero-order chi connectivity index (χ0) is 20.1. The van der Waals surface area contributed by atoms with E-state index >= 15 is 0 Å². The van der Waals surface area contributed by atoms with E-state index in [0.29, 0.717) is 44.0 Å². The van der Waals surface area contributed by atoms with E-state index < -0.39 is 0 Å². The summed E-state index contributed by atoms with van der Waals surface area (Å²) in [5.74, 6) is 0.248. The molecule has 2 aromatic rings. The second kappa shape index (κ2) is 8.78. The molecule has 0 aromatic heterocycles. The molecule has 1 fully saturated rings. The number of nitrogens with zero attached hydrogens (tertiary/aromatic N) is 2. The first-order chi connectivity index (χ1) is 13.3. The maximum atomic E-state index is 12.8. The Labute approximate surface area is 172 Å². The molecule has 0 saturated carbocycles. The third-order valence-electron chi connectivity index (χ3n) is 5.40. The summed E-state index contributed by atoms with van der Waals surface area (Å²) in [6.07, 6.45) is 0.835. The van der Waals surface area contributed by atoms with Gasteiger partial charge in [-0.25, -0.2) is 0 Å². The molecule has 1 saturated heterocycles. The van der Waals surface area contributed by atoms with Crippen molar-refractivity contribution >= 4 is 23.4 Å². The molecule has 1 heterocycles. The van der Waals surface area contributed by atoms with Gasteiger partial charge in [-0.15, -0.1) is 0 Å². The number of hydrogen-bond donors (Lipinski definition) is 0. The maximum Gasteiger partial charge on any atom is 0.227 e. The smallest absolute Gasteiger partial charge is 0.227 e. The van der Waals surface area contributed by atoms with E-state index in [4.69, 9.17) is 11.6 Å². The standard InChI is InChI=1S/C23H27ClN2O2/c1-23(2,19-6-4-3-5-7-19)17-22(28)26-14-12-25(13-15-26)21(27)16-18-8-10-20(24)11-9-18/h3-11H,12-17H2,1-2H3. The van der Waals surface area contributed by atoms with E-state index in [0.717, 1.165) is 5.56 Å². The molecule has 3 rings (SSSR count). The van der Waals surface area contributed by atoms with Crippen molar-refractivity contribution in [2.75, 3.05) is 26.2 Å². The van der Waals surface area contributed by atoms with E-state index in [1.807, 2.05) is 40.1 Å². The molecule has 0 spiro atoms. The number of carbonyl (C=O) groups excluding carboxylic acids is 2. The molecule has 4 nitrogen and oxygen atoms in total. The first kappa shape index (κ1) is 20.4. The largest absolute Gasteiger partial charge is 0.339 e. The molecular formula is C23H27ClN2O2. The highest BCUT2D eigenvalue weighted by Gasteiger charge is 2.29. The van der Waals surface area contributed by atoms with Crippen molar-refractivity contribution in [1.82, 2.24) is 9.80 Å². The van der Waals surface area contributed by atoms with E-state index in [9.17, 15) is 9.59 Å². The molecule has 0 aliphatic carbocycles. The number of amides is 2. The summed E-state index contributed by atoms with van der Waals surface area (Å²) in [6, 6.07) is 17.5. The average molecular weight is 399 g/mol. The van der Waals surface area contributed by atoms with Crippen LogP contribution in [0.4, 0.5) is 0 Å². The van der Waals surface area contributed by atoms with Gasteiger partial charge in [-0.05, 0) is 28.7 Å². The van der Waals surface area contributed by atoms with Crippen LogP contribution in [0.25, 0.3) is 0 Å². The Hall–Kier alpha value is -2.33. The van der Waals surface area contributed by atoms with Crippen molar-refractivity contribution in [3.05, 3.63) is 70.7 Å². The summed E-state index contributed by atoms with van der Waals surface area (Å²) in [6.45, 7) is 6.57. The number of halogens is 1. The van der Waals surface area contributed by atoms with Gasteiger partial charge in [-0.1, -0.05) is 67.9 Å². The quantitative estimate of drug-likeness (QED) is 0.765. The highest BCUT2D eigenvalue weighted by molar-refractivity contribution is 6.30. The maximum absolute atomic E-state index is 12.8. The lowest BCUT2D eigenvalue weighted by molar-refractivity contribution is -0.139. The summed E-state index contributed by atoms with van der Waals surface area (Å²) < 4.78 is 0. The minimum absolute atomic E-state index is 0.0963. The SMILES string of the molecule is CC(C)(CC(=O)N1CCN(C(=O)Cc2ccc(Cl)cc2)CC1)c1ccccc1. The normalized spacial score (nSPS) is 14.8. The number of rotatable bonds is 5. The monoisotopic (exact) mass is 398 g/mol. The minimum Gasteiger partial charge on any atom is -0.339 e. The lowest BCUT2D eigenvalue weighted by atomic mass is 9.81. The Morgan fingerprint density at radius 1 is 0.857 bits per heavy atom. The fourth-order valence-electron chi connectivity index (χ4n) is 3.58. The molecule has 0 unspecified atom stereocenters. The molecule has 0 radical (unpaired) electrons. The van der Waals surface area contributed by atoms with Crippen LogP contribution in [-0.2, 0) is 21.4 Å². The van der Waals surface area contributed by atoms with Crippen molar-refractivity contribution in [2.24, 2.45) is 0 Å². The van der Waals surface area contributed by atoms with Crippen LogP contribution >= 0.6 is 11.6 Å². The molecule has 1 aliphatic heterocycles. The molecule has 1 aliphatic rings. The summed E-state index contributed by atoms with van der Waals surface area (Å²) in [5.41, 5.74) is 1.91. The molecule has 0 N–H and O–H groups in total. The van der Waals surface area contributed by atoms with Crippen LogP contribution in [0.15, 0.2) is 54.6 Å². The molecule has 5 heteroatoms. The van der Waals surface area contributed by atoms with Crippen LogP contribution in [0, 0.1) is 0 Å². The first-order valence-electron chi connectivity index (χ1n) is 9.71. The van der Waals surface area contributed by atoms with Crippen molar-refractivity contribution in [3.63, 3.8) is 0 Å². The van der Waals surface area contributed by atoms with Crippen molar-refractivity contribution in [3.8, 4) is 0 Å². The summed E-state index contributed by atoms with van der Waals surface area (Å²) >= 11 is 5.89. The van der Waals surface area contributed by atoms with Gasteiger partial charge in [0.1, 0.15) is 0 Å². The van der Waals surface area contributed by atoms with Gasteiger partial charge in [0.15, 0.2) is 0 Å². The Balaban J connectivity index is 1.51. The van der Waals surface area contributed by atoms with Gasteiger partial charge >= 0.3 is 0 Å². The average Bonchev–Trinajstić information content (AvgIpc) is 2.70. The predicted octanol–water partition coefficient (Wildman–Crippen LogP) is 3.92. The molecule has 148 valence electrons. The Bertz CT molecular complexity index is 810. The Morgan fingerprint density at radius 3 is 1.96 bits per heavy atom. The number of carbonyl (C=O) groups is 2. The van der Waals surface area contributed by atoms with Gasteiger partial charge in [0.05, 0.1) is 6.42 Å². The van der Waals surface area contributed by atoms with E-state index in [1.165, 1.54) is 5.56 Å². The fourth-order valence-corrected chi connectivity index (χ4v) is 3.70. The molecular weight excluding hydrogens is 372 g/mol. The van der Waals surface area contributed by atoms with Crippen LogP contribution in [0.5, 0.6) is 0 Å². The highest BCUT2D eigenvalue weighted by Crippen LogP contribution is 2.27. The fraction of sp³-hybridized carbons (Fsp3) is 0.391. The van der Waals surface area contributed by atoms with Crippen molar-refractivity contribution in [1.29, 1.82) is 0 Å². The second-order valence-electron chi connectivity index (χ2n) is 7.99. The second-order valence-corrected chi connectivity index (χ2v) is 8.43. The van der Waals surface area contributed by atoms with Crippen molar-refractivity contribution in [2.45, 2.75) is 32.1 Å². The van der Waals surface area contributed by atoms with Gasteiger partial charge in [0.25, 0.3) is 0 Å². The van der Waals surface area contributed by atoms with Gasteiger partial charge < -0.3 is 9.80 Å². The van der Waals surface area contributed by atoms with Crippen LogP contribution < -0.4 is 0 Å². The van der Waals surface area contributed by atoms with Crippen molar-refractivity contribution < 1.29 is 9.59 Å². The zero-order valence-corrected chi connectivity index (χ0v) is 17.3. The molecule has 0 bridgehead atoms. The van der Waals surface area contributed by atoms with Gasteiger partial charge in [0.2, 0.25) is 11.8 Å². The van der Waals surface area contributed by atoms with Crippen LogP contribution in [0.2, 0.25) is 5.02 Å². The van der Waals surface area contributed by atoms with Gasteiger partial charge in [-0.2, -0.15) is 0 Å². The Kier molecular flexibility index (Phi) is 6.40. The lowest BCUT2D eigenvalue weighted by Crippen LogP contribution is -2.51. The highest BCUT2D eigenvalue weighted by atomic mass is 35.5. The lowest BCUT2D eigenvalue weighted by Gasteiger charge is -2.36. The van der Waals surface area contributed by atoms with Gasteiger partial charge in [-0.3, -0.25) is 9.59 Å². The third kappa shape index (κ3) is 5.14. The summed E-state index contributed by atoms with van der Waals surface area (Å²) in [5, 5.41) is 0.668. The van der Waals surface area contributed by atoms with Gasteiger partial charge in [0, 0.05) is 37.6 Å². The molecule has 2 amide bonds. The predicted molar refractivity (Wildman–Crippen MR) is 112 cm³/mol. The van der Waals surface area contributed by atoms with E-state index in [1.54, 1.807) is 12.1 Å². The zero-order valence-electron chi connectivity index (χ0n) is 16.5.